The van der Waals surface area contributed by atoms with Crippen LogP contribution in [0.25, 0.3) is 22.7 Å². The predicted octanol–water partition coefficient (Wildman–Crippen LogP) is 2.99. The number of hydrogen-bond donors (Lipinski definition) is 0. The minimum Gasteiger partial charge on any atom is -0.311 e. The van der Waals surface area contributed by atoms with Gasteiger partial charge in [-0.2, -0.15) is 10.2 Å². The third kappa shape index (κ3) is 2.49. The van der Waals surface area contributed by atoms with Crippen molar-refractivity contribution < 1.29 is 0 Å². The van der Waals surface area contributed by atoms with Crippen LogP contribution in [-0.4, -0.2) is 34.1 Å². The zero-order valence-corrected chi connectivity index (χ0v) is 16.3. The first-order chi connectivity index (χ1) is 12.9. The zero-order chi connectivity index (χ0) is 18.9. The fourth-order valence-electron chi connectivity index (χ4n) is 4.09. The summed E-state index contributed by atoms with van der Waals surface area (Å²) >= 11 is 0. The monoisotopic (exact) mass is 361 g/mol. The van der Waals surface area contributed by atoms with E-state index in [-0.39, 0.29) is 0 Å². The molecule has 0 bridgehead atoms. The van der Waals surface area contributed by atoms with E-state index in [2.05, 4.69) is 39.9 Å². The van der Waals surface area contributed by atoms with E-state index in [1.54, 1.807) is 0 Å². The molecule has 0 amide bonds. The third-order valence-electron chi connectivity index (χ3n) is 5.60. The predicted molar refractivity (Wildman–Crippen MR) is 103 cm³/mol. The van der Waals surface area contributed by atoms with E-state index < -0.39 is 0 Å². The summed E-state index contributed by atoms with van der Waals surface area (Å²) in [6.07, 6.45) is 5.21. The molecule has 7 heteroatoms. The summed E-state index contributed by atoms with van der Waals surface area (Å²) in [7, 11) is 5.98. The van der Waals surface area contributed by atoms with Crippen LogP contribution >= 0.6 is 0 Å². The van der Waals surface area contributed by atoms with E-state index in [1.165, 1.54) is 5.56 Å². The minimum absolute atomic E-state index is 0.464. The standard InChI is InChI=1S/C20H23N7/c1-11-6-12(2)22-20-18(11)23-19(26(20)4)17-8-16(24-27(17)5)15-7-14(15)13-9-21-25(3)10-13/h6,8-10,14-15H,7H2,1-5H3. The zero-order valence-electron chi connectivity index (χ0n) is 16.3. The van der Waals surface area contributed by atoms with E-state index in [0.29, 0.717) is 11.8 Å². The van der Waals surface area contributed by atoms with Crippen molar-refractivity contribution in [3.63, 3.8) is 0 Å². The second-order valence-corrected chi connectivity index (χ2v) is 7.72. The summed E-state index contributed by atoms with van der Waals surface area (Å²) in [6, 6.07) is 4.26. The average Bonchev–Trinajstić information content (AvgIpc) is 2.97. The summed E-state index contributed by atoms with van der Waals surface area (Å²) in [5.74, 6) is 1.89. The van der Waals surface area contributed by atoms with Gasteiger partial charge in [0.15, 0.2) is 11.5 Å². The van der Waals surface area contributed by atoms with Crippen LogP contribution in [0.4, 0.5) is 0 Å². The molecule has 4 heterocycles. The third-order valence-corrected chi connectivity index (χ3v) is 5.60. The van der Waals surface area contributed by atoms with Crippen molar-refractivity contribution in [2.75, 3.05) is 0 Å². The summed E-state index contributed by atoms with van der Waals surface area (Å²) in [6.45, 7) is 4.11. The summed E-state index contributed by atoms with van der Waals surface area (Å²) in [4.78, 5) is 9.57. The molecule has 7 nitrogen and oxygen atoms in total. The Hall–Kier alpha value is -2.96. The van der Waals surface area contributed by atoms with Crippen LogP contribution in [0.5, 0.6) is 0 Å². The molecule has 0 radical (unpaired) electrons. The maximum atomic E-state index is 4.88. The van der Waals surface area contributed by atoms with Crippen LogP contribution in [0.2, 0.25) is 0 Å². The number of imidazole rings is 1. The molecule has 0 N–H and O–H groups in total. The first-order valence-corrected chi connectivity index (χ1v) is 9.26. The van der Waals surface area contributed by atoms with Crippen LogP contribution in [0.1, 0.15) is 40.8 Å². The molecule has 2 atom stereocenters. The van der Waals surface area contributed by atoms with Crippen LogP contribution in [-0.2, 0) is 21.1 Å². The fourth-order valence-corrected chi connectivity index (χ4v) is 4.09. The minimum atomic E-state index is 0.464. The van der Waals surface area contributed by atoms with Crippen molar-refractivity contribution in [1.82, 2.24) is 34.1 Å². The average molecular weight is 361 g/mol. The summed E-state index contributed by atoms with van der Waals surface area (Å²) < 4.78 is 5.88. The second kappa shape index (κ2) is 5.52. The Balaban J connectivity index is 1.53. The largest absolute Gasteiger partial charge is 0.311 e. The van der Waals surface area contributed by atoms with Crippen LogP contribution in [0.15, 0.2) is 24.5 Å². The molecule has 0 aliphatic heterocycles. The van der Waals surface area contributed by atoms with Gasteiger partial charge in [0.2, 0.25) is 0 Å². The Morgan fingerprint density at radius 1 is 1.04 bits per heavy atom. The SMILES string of the molecule is Cc1cc(C)c2nc(-c3cc(C4CC4c4cnn(C)c4)nn3C)n(C)c2n1. The van der Waals surface area contributed by atoms with Crippen molar-refractivity contribution in [1.29, 1.82) is 0 Å². The van der Waals surface area contributed by atoms with Crippen molar-refractivity contribution in [2.45, 2.75) is 32.1 Å². The molecule has 1 saturated carbocycles. The molecule has 1 fully saturated rings. The Bertz CT molecular complexity index is 1180. The molecule has 27 heavy (non-hydrogen) atoms. The Morgan fingerprint density at radius 2 is 1.85 bits per heavy atom. The van der Waals surface area contributed by atoms with Crippen molar-refractivity contribution in [2.24, 2.45) is 21.1 Å². The lowest BCUT2D eigenvalue weighted by Crippen LogP contribution is -2.00. The van der Waals surface area contributed by atoms with Gasteiger partial charge in [0.05, 0.1) is 11.9 Å². The lowest BCUT2D eigenvalue weighted by Gasteiger charge is -2.02. The number of aryl methyl sites for hydroxylation is 5. The molecule has 138 valence electrons. The number of aromatic nitrogens is 7. The van der Waals surface area contributed by atoms with Crippen molar-refractivity contribution in [3.05, 3.63) is 47.0 Å². The lowest BCUT2D eigenvalue weighted by molar-refractivity contribution is 0.738. The van der Waals surface area contributed by atoms with Gasteiger partial charge in [0.25, 0.3) is 0 Å². The van der Waals surface area contributed by atoms with Gasteiger partial charge in [0, 0.05) is 39.0 Å². The quantitative estimate of drug-likeness (QED) is 0.563. The van der Waals surface area contributed by atoms with Gasteiger partial charge in [-0.25, -0.2) is 9.97 Å². The molecule has 4 aromatic rings. The van der Waals surface area contributed by atoms with E-state index >= 15 is 0 Å². The highest BCUT2D eigenvalue weighted by Crippen LogP contribution is 2.54. The molecule has 1 aliphatic rings. The van der Waals surface area contributed by atoms with Gasteiger partial charge in [-0.05, 0) is 49.4 Å². The van der Waals surface area contributed by atoms with Crippen LogP contribution in [0, 0.1) is 13.8 Å². The first kappa shape index (κ1) is 16.2. The molecule has 4 aromatic heterocycles. The lowest BCUT2D eigenvalue weighted by atomic mass is 10.1. The topological polar surface area (TPSA) is 66.3 Å². The fraction of sp³-hybridized carbons (Fsp3) is 0.400. The highest BCUT2D eigenvalue weighted by Gasteiger charge is 2.42. The van der Waals surface area contributed by atoms with Crippen LogP contribution < -0.4 is 0 Å². The van der Waals surface area contributed by atoms with Crippen molar-refractivity contribution >= 4 is 11.2 Å². The molecule has 5 rings (SSSR count). The molecule has 0 aromatic carbocycles. The summed E-state index contributed by atoms with van der Waals surface area (Å²) in [5, 5.41) is 9.10. The summed E-state index contributed by atoms with van der Waals surface area (Å²) in [5.41, 5.74) is 7.50. The molecule has 1 aliphatic carbocycles. The van der Waals surface area contributed by atoms with Gasteiger partial charge < -0.3 is 4.57 Å². The number of nitrogens with zero attached hydrogens (tertiary/aromatic N) is 7. The highest BCUT2D eigenvalue weighted by molar-refractivity contribution is 5.79. The van der Waals surface area contributed by atoms with E-state index in [9.17, 15) is 0 Å². The maximum absolute atomic E-state index is 4.88. The van der Waals surface area contributed by atoms with E-state index in [0.717, 1.165) is 46.1 Å². The Labute approximate surface area is 157 Å². The molecule has 0 saturated heterocycles. The smallest absolute Gasteiger partial charge is 0.160 e. The molecular formula is C20H23N7. The van der Waals surface area contributed by atoms with E-state index in [1.807, 2.05) is 43.6 Å². The van der Waals surface area contributed by atoms with Gasteiger partial charge >= 0.3 is 0 Å². The van der Waals surface area contributed by atoms with Crippen molar-refractivity contribution in [3.8, 4) is 11.5 Å². The number of hydrogen-bond acceptors (Lipinski definition) is 4. The molecular weight excluding hydrogens is 338 g/mol. The second-order valence-electron chi connectivity index (χ2n) is 7.72. The number of fused-ring (bicyclic) bond motifs is 1. The van der Waals surface area contributed by atoms with Gasteiger partial charge in [-0.3, -0.25) is 9.36 Å². The van der Waals surface area contributed by atoms with Gasteiger partial charge in [-0.15, -0.1) is 0 Å². The van der Waals surface area contributed by atoms with E-state index in [4.69, 9.17) is 10.1 Å². The van der Waals surface area contributed by atoms with Gasteiger partial charge in [0.1, 0.15) is 11.2 Å². The number of rotatable bonds is 3. The maximum Gasteiger partial charge on any atom is 0.160 e. The molecule has 0 spiro atoms. The van der Waals surface area contributed by atoms with Crippen LogP contribution in [0.3, 0.4) is 0 Å². The normalized spacial score (nSPS) is 19.1. The molecule has 2 unspecified atom stereocenters. The highest BCUT2D eigenvalue weighted by atomic mass is 15.3. The Kier molecular flexibility index (Phi) is 3.32. The Morgan fingerprint density at radius 3 is 2.59 bits per heavy atom. The van der Waals surface area contributed by atoms with Gasteiger partial charge in [-0.1, -0.05) is 0 Å². The first-order valence-electron chi connectivity index (χ1n) is 9.26. The number of pyridine rings is 1.